The van der Waals surface area contributed by atoms with Gasteiger partial charge in [-0.2, -0.15) is 0 Å². The molecule has 0 saturated carbocycles. The minimum Gasteiger partial charge on any atom is -0.472 e. The molecule has 2 heterocycles. The Balaban J connectivity index is 1.68. The van der Waals surface area contributed by atoms with Crippen LogP contribution in [-0.2, 0) is 0 Å². The van der Waals surface area contributed by atoms with Gasteiger partial charge in [0.1, 0.15) is 12.4 Å². The SMILES string of the molecule is O=C(c1ccccc1Br)N1CCCC(Oc2ccncn2)C1. The second-order valence-electron chi connectivity index (χ2n) is 5.16. The third-order valence-electron chi connectivity index (χ3n) is 3.61. The molecule has 1 aliphatic rings. The third-order valence-corrected chi connectivity index (χ3v) is 4.30. The van der Waals surface area contributed by atoms with Crippen molar-refractivity contribution in [3.8, 4) is 5.88 Å². The fourth-order valence-electron chi connectivity index (χ4n) is 2.54. The number of aromatic nitrogens is 2. The van der Waals surface area contributed by atoms with Gasteiger partial charge in [-0.25, -0.2) is 9.97 Å². The summed E-state index contributed by atoms with van der Waals surface area (Å²) >= 11 is 3.44. The summed E-state index contributed by atoms with van der Waals surface area (Å²) in [7, 11) is 0. The summed E-state index contributed by atoms with van der Waals surface area (Å²) < 4.78 is 6.66. The highest BCUT2D eigenvalue weighted by Crippen LogP contribution is 2.22. The molecule has 5 nitrogen and oxygen atoms in total. The van der Waals surface area contributed by atoms with Crippen molar-refractivity contribution in [3.63, 3.8) is 0 Å². The van der Waals surface area contributed by atoms with Crippen LogP contribution in [-0.4, -0.2) is 40.0 Å². The van der Waals surface area contributed by atoms with Crippen molar-refractivity contribution in [2.75, 3.05) is 13.1 Å². The largest absolute Gasteiger partial charge is 0.472 e. The first-order chi connectivity index (χ1) is 10.7. The first-order valence-electron chi connectivity index (χ1n) is 7.20. The van der Waals surface area contributed by atoms with Crippen LogP contribution in [0.3, 0.4) is 0 Å². The van der Waals surface area contributed by atoms with Crippen molar-refractivity contribution in [1.82, 2.24) is 14.9 Å². The van der Waals surface area contributed by atoms with E-state index in [1.165, 1.54) is 6.33 Å². The van der Waals surface area contributed by atoms with Gasteiger partial charge in [0.25, 0.3) is 5.91 Å². The lowest BCUT2D eigenvalue weighted by Crippen LogP contribution is -2.44. The molecule has 0 aliphatic carbocycles. The summed E-state index contributed by atoms with van der Waals surface area (Å²) in [6.07, 6.45) is 4.92. The number of amides is 1. The number of nitrogens with zero attached hydrogens (tertiary/aromatic N) is 3. The Kier molecular flexibility index (Phi) is 4.68. The first kappa shape index (κ1) is 15.0. The number of piperidine rings is 1. The van der Waals surface area contributed by atoms with Gasteiger partial charge in [0.05, 0.1) is 12.1 Å². The zero-order valence-electron chi connectivity index (χ0n) is 12.0. The fourth-order valence-corrected chi connectivity index (χ4v) is 3.00. The Hall–Kier alpha value is -1.95. The molecule has 0 bridgehead atoms. The zero-order chi connectivity index (χ0) is 15.4. The highest BCUT2D eigenvalue weighted by Gasteiger charge is 2.26. The average Bonchev–Trinajstić information content (AvgIpc) is 2.56. The number of carbonyl (C=O) groups excluding carboxylic acids is 1. The molecule has 1 amide bonds. The summed E-state index contributed by atoms with van der Waals surface area (Å²) in [6, 6.07) is 9.22. The van der Waals surface area contributed by atoms with E-state index in [2.05, 4.69) is 25.9 Å². The molecule has 1 aliphatic heterocycles. The van der Waals surface area contributed by atoms with Crippen molar-refractivity contribution in [1.29, 1.82) is 0 Å². The molecule has 0 spiro atoms. The predicted octanol–water partition coefficient (Wildman–Crippen LogP) is 2.92. The molecule has 22 heavy (non-hydrogen) atoms. The molecule has 6 heteroatoms. The van der Waals surface area contributed by atoms with Gasteiger partial charge in [-0.3, -0.25) is 4.79 Å². The highest BCUT2D eigenvalue weighted by molar-refractivity contribution is 9.10. The second-order valence-corrected chi connectivity index (χ2v) is 6.02. The first-order valence-corrected chi connectivity index (χ1v) is 8.00. The monoisotopic (exact) mass is 361 g/mol. The Morgan fingerprint density at radius 3 is 2.95 bits per heavy atom. The van der Waals surface area contributed by atoms with Gasteiger partial charge >= 0.3 is 0 Å². The van der Waals surface area contributed by atoms with Crippen molar-refractivity contribution in [3.05, 3.63) is 52.9 Å². The van der Waals surface area contributed by atoms with Gasteiger partial charge in [-0.15, -0.1) is 0 Å². The summed E-state index contributed by atoms with van der Waals surface area (Å²) in [5, 5.41) is 0. The van der Waals surface area contributed by atoms with Crippen molar-refractivity contribution in [2.24, 2.45) is 0 Å². The molecule has 1 atom stereocenters. The lowest BCUT2D eigenvalue weighted by molar-refractivity contribution is 0.0526. The normalized spacial score (nSPS) is 18.0. The summed E-state index contributed by atoms with van der Waals surface area (Å²) in [4.78, 5) is 22.4. The van der Waals surface area contributed by atoms with Crippen LogP contribution in [0.25, 0.3) is 0 Å². The molecule has 1 aromatic carbocycles. The van der Waals surface area contributed by atoms with Crippen LogP contribution >= 0.6 is 15.9 Å². The standard InChI is InChI=1S/C16H16BrN3O2/c17-14-6-2-1-5-13(14)16(21)20-9-3-4-12(10-20)22-15-7-8-18-11-19-15/h1-2,5-8,11-12H,3-4,9-10H2. The Bertz CT molecular complexity index is 651. The van der Waals surface area contributed by atoms with Crippen LogP contribution in [0, 0.1) is 0 Å². The van der Waals surface area contributed by atoms with Crippen LogP contribution in [0.2, 0.25) is 0 Å². The van der Waals surface area contributed by atoms with E-state index in [1.807, 2.05) is 29.2 Å². The summed E-state index contributed by atoms with van der Waals surface area (Å²) in [5.74, 6) is 0.582. The summed E-state index contributed by atoms with van der Waals surface area (Å²) in [6.45, 7) is 1.33. The second kappa shape index (κ2) is 6.87. The highest BCUT2D eigenvalue weighted by atomic mass is 79.9. The van der Waals surface area contributed by atoms with E-state index >= 15 is 0 Å². The number of benzene rings is 1. The molecule has 0 N–H and O–H groups in total. The maximum atomic E-state index is 12.6. The lowest BCUT2D eigenvalue weighted by atomic mass is 10.1. The van der Waals surface area contributed by atoms with Crippen molar-refractivity contribution in [2.45, 2.75) is 18.9 Å². The lowest BCUT2D eigenvalue weighted by Gasteiger charge is -2.32. The number of ether oxygens (including phenoxy) is 1. The van der Waals surface area contributed by atoms with E-state index < -0.39 is 0 Å². The van der Waals surface area contributed by atoms with E-state index in [-0.39, 0.29) is 12.0 Å². The van der Waals surface area contributed by atoms with E-state index in [0.29, 0.717) is 18.0 Å². The number of hydrogen-bond donors (Lipinski definition) is 0. The third kappa shape index (κ3) is 3.44. The van der Waals surface area contributed by atoms with Gasteiger partial charge in [-0.1, -0.05) is 12.1 Å². The van der Waals surface area contributed by atoms with Crippen LogP contribution in [0.1, 0.15) is 23.2 Å². The fraction of sp³-hybridized carbons (Fsp3) is 0.312. The molecule has 114 valence electrons. The molecule has 1 aromatic heterocycles. The topological polar surface area (TPSA) is 55.3 Å². The van der Waals surface area contributed by atoms with Gasteiger partial charge in [-0.05, 0) is 40.9 Å². The van der Waals surface area contributed by atoms with E-state index in [1.54, 1.807) is 12.3 Å². The van der Waals surface area contributed by atoms with Crippen LogP contribution in [0.4, 0.5) is 0 Å². The van der Waals surface area contributed by atoms with Gasteiger partial charge < -0.3 is 9.64 Å². The van der Waals surface area contributed by atoms with E-state index in [9.17, 15) is 4.79 Å². The predicted molar refractivity (Wildman–Crippen MR) is 85.7 cm³/mol. The molecule has 1 fully saturated rings. The number of halogens is 1. The van der Waals surface area contributed by atoms with Crippen LogP contribution < -0.4 is 4.74 Å². The van der Waals surface area contributed by atoms with Crippen LogP contribution in [0.15, 0.2) is 47.3 Å². The number of likely N-dealkylation sites (tertiary alicyclic amines) is 1. The molecule has 1 unspecified atom stereocenters. The summed E-state index contributed by atoms with van der Waals surface area (Å²) in [5.41, 5.74) is 0.685. The number of rotatable bonds is 3. The van der Waals surface area contributed by atoms with Crippen molar-refractivity contribution >= 4 is 21.8 Å². The maximum Gasteiger partial charge on any atom is 0.255 e. The van der Waals surface area contributed by atoms with Crippen molar-refractivity contribution < 1.29 is 9.53 Å². The molecule has 2 aromatic rings. The molecule has 1 saturated heterocycles. The Morgan fingerprint density at radius 2 is 2.18 bits per heavy atom. The Labute approximate surface area is 137 Å². The van der Waals surface area contributed by atoms with Crippen LogP contribution in [0.5, 0.6) is 5.88 Å². The average molecular weight is 362 g/mol. The minimum atomic E-state index is -0.0323. The van der Waals surface area contributed by atoms with Gasteiger partial charge in [0.2, 0.25) is 5.88 Å². The maximum absolute atomic E-state index is 12.6. The quantitative estimate of drug-likeness (QED) is 0.843. The van der Waals surface area contributed by atoms with Gasteiger partial charge in [0, 0.05) is 23.3 Å². The zero-order valence-corrected chi connectivity index (χ0v) is 13.6. The number of carbonyl (C=O) groups is 1. The minimum absolute atomic E-state index is 0.0310. The Morgan fingerprint density at radius 1 is 1.32 bits per heavy atom. The van der Waals surface area contributed by atoms with E-state index in [0.717, 1.165) is 23.9 Å². The smallest absolute Gasteiger partial charge is 0.255 e. The molecular formula is C16H16BrN3O2. The molecule has 3 rings (SSSR count). The molecule has 0 radical (unpaired) electrons. The molecular weight excluding hydrogens is 346 g/mol. The van der Waals surface area contributed by atoms with Gasteiger partial charge in [0.15, 0.2) is 0 Å². The van der Waals surface area contributed by atoms with E-state index in [4.69, 9.17) is 4.74 Å². The number of hydrogen-bond acceptors (Lipinski definition) is 4.